The van der Waals surface area contributed by atoms with Gasteiger partial charge >= 0.3 is 0 Å². The van der Waals surface area contributed by atoms with Crippen LogP contribution in [0.1, 0.15) is 19.5 Å². The average Bonchev–Trinajstić information content (AvgIpc) is 2.03. The second kappa shape index (κ2) is 4.04. The molecule has 0 radical (unpaired) electrons. The van der Waals surface area contributed by atoms with Crippen LogP contribution in [0.25, 0.3) is 5.57 Å². The Hall–Kier alpha value is -1.37. The summed E-state index contributed by atoms with van der Waals surface area (Å²) in [5.74, 6) is 0. The van der Waals surface area contributed by atoms with E-state index in [0.717, 1.165) is 11.3 Å². The van der Waals surface area contributed by atoms with Gasteiger partial charge in [-0.15, -0.1) is 0 Å². The fourth-order valence-corrected chi connectivity index (χ4v) is 1.28. The Kier molecular flexibility index (Phi) is 3.02. The third kappa shape index (κ3) is 2.55. The first-order chi connectivity index (χ1) is 6.11. The maximum absolute atomic E-state index is 4.03. The minimum Gasteiger partial charge on any atom is -0.201 e. The Bertz CT molecular complexity index is 344. The largest absolute Gasteiger partial charge is 0.211 e. The molecule has 1 nitrogen and oxygen atoms in total. The molecule has 1 heterocycles. The lowest BCUT2D eigenvalue weighted by Crippen LogP contribution is -2.31. The molecular formula is C12H16N+. The Morgan fingerprint density at radius 2 is 2.08 bits per heavy atom. The van der Waals surface area contributed by atoms with Crippen LogP contribution in [0.5, 0.6) is 0 Å². The molecule has 1 heteroatoms. The normalized spacial score (nSPS) is 9.46. The molecule has 1 aromatic rings. The molecule has 0 N–H and O–H groups in total. The van der Waals surface area contributed by atoms with E-state index in [1.807, 2.05) is 25.4 Å². The van der Waals surface area contributed by atoms with Crippen LogP contribution >= 0.6 is 0 Å². The minimum absolute atomic E-state index is 1.06. The predicted octanol–water partition coefficient (Wildman–Crippen LogP) is 2.49. The summed E-state index contributed by atoms with van der Waals surface area (Å²) in [5.41, 5.74) is 3.49. The summed E-state index contributed by atoms with van der Waals surface area (Å²) in [6.07, 6.45) is 4.12. The number of aryl methyl sites for hydroxylation is 1. The van der Waals surface area contributed by atoms with Gasteiger partial charge in [0.15, 0.2) is 6.20 Å². The summed E-state index contributed by atoms with van der Waals surface area (Å²) in [5, 5.41) is 0. The van der Waals surface area contributed by atoms with Gasteiger partial charge in [-0.3, -0.25) is 0 Å². The van der Waals surface area contributed by atoms with Crippen molar-refractivity contribution in [3.8, 4) is 0 Å². The molecule has 0 aliphatic carbocycles. The lowest BCUT2D eigenvalue weighted by molar-refractivity contribution is -0.673. The number of hydrogen-bond acceptors (Lipinski definition) is 0. The van der Waals surface area contributed by atoms with Crippen LogP contribution in [-0.2, 0) is 7.05 Å². The highest BCUT2D eigenvalue weighted by atomic mass is 14.9. The van der Waals surface area contributed by atoms with Crippen LogP contribution in [0.4, 0.5) is 0 Å². The molecule has 0 saturated heterocycles. The minimum atomic E-state index is 1.06. The number of pyridine rings is 1. The van der Waals surface area contributed by atoms with Crippen molar-refractivity contribution in [2.24, 2.45) is 7.05 Å². The molecule has 0 aromatic carbocycles. The summed E-state index contributed by atoms with van der Waals surface area (Å²) in [6.45, 7) is 8.18. The number of hydrogen-bond donors (Lipinski definition) is 0. The van der Waals surface area contributed by atoms with E-state index >= 15 is 0 Å². The molecule has 68 valence electrons. The van der Waals surface area contributed by atoms with E-state index in [1.165, 1.54) is 5.57 Å². The lowest BCUT2D eigenvalue weighted by atomic mass is 10.1. The van der Waals surface area contributed by atoms with Gasteiger partial charge in [0, 0.05) is 17.7 Å². The highest BCUT2D eigenvalue weighted by Gasteiger charge is 2.05. The van der Waals surface area contributed by atoms with Gasteiger partial charge in [-0.1, -0.05) is 18.2 Å². The second-order valence-electron chi connectivity index (χ2n) is 3.44. The van der Waals surface area contributed by atoms with Crippen molar-refractivity contribution >= 4 is 5.57 Å². The number of aromatic nitrogens is 1. The fraction of sp³-hybridized carbons (Fsp3) is 0.250. The third-order valence-electron chi connectivity index (χ3n) is 1.85. The molecule has 0 saturated carbocycles. The summed E-state index contributed by atoms with van der Waals surface area (Å²) < 4.78 is 2.07. The van der Waals surface area contributed by atoms with Crippen molar-refractivity contribution < 1.29 is 4.57 Å². The zero-order valence-electron chi connectivity index (χ0n) is 8.54. The first-order valence-electron chi connectivity index (χ1n) is 4.40. The Morgan fingerprint density at radius 3 is 2.62 bits per heavy atom. The topological polar surface area (TPSA) is 3.88 Å². The van der Waals surface area contributed by atoms with E-state index in [0.29, 0.717) is 0 Å². The van der Waals surface area contributed by atoms with Crippen molar-refractivity contribution in [1.29, 1.82) is 0 Å². The summed E-state index contributed by atoms with van der Waals surface area (Å²) in [4.78, 5) is 0. The molecule has 0 atom stereocenters. The van der Waals surface area contributed by atoms with Gasteiger partial charge in [0.1, 0.15) is 7.05 Å². The SMILES string of the molecule is C=C(C=C(C)C)c1cccc[n+]1C. The molecule has 0 unspecified atom stereocenters. The van der Waals surface area contributed by atoms with Crippen molar-refractivity contribution in [2.75, 3.05) is 0 Å². The zero-order chi connectivity index (χ0) is 9.84. The first-order valence-corrected chi connectivity index (χ1v) is 4.40. The molecule has 0 aliphatic heterocycles. The maximum Gasteiger partial charge on any atom is 0.211 e. The Balaban J connectivity index is 3.03. The summed E-state index contributed by atoms with van der Waals surface area (Å²) >= 11 is 0. The van der Waals surface area contributed by atoms with Gasteiger partial charge in [-0.25, -0.2) is 4.57 Å². The maximum atomic E-state index is 4.03. The van der Waals surface area contributed by atoms with Crippen LogP contribution in [0, 0.1) is 0 Å². The predicted molar refractivity (Wildman–Crippen MR) is 56.1 cm³/mol. The molecule has 13 heavy (non-hydrogen) atoms. The fourth-order valence-electron chi connectivity index (χ4n) is 1.28. The van der Waals surface area contributed by atoms with Gasteiger partial charge in [-0.2, -0.15) is 0 Å². The molecule has 1 aromatic heterocycles. The van der Waals surface area contributed by atoms with Crippen molar-refractivity contribution in [3.05, 3.63) is 48.3 Å². The monoisotopic (exact) mass is 174 g/mol. The van der Waals surface area contributed by atoms with E-state index < -0.39 is 0 Å². The molecule has 0 spiro atoms. The summed E-state index contributed by atoms with van der Waals surface area (Å²) in [6, 6.07) is 6.11. The van der Waals surface area contributed by atoms with Gasteiger partial charge < -0.3 is 0 Å². The van der Waals surface area contributed by atoms with Crippen LogP contribution in [-0.4, -0.2) is 0 Å². The van der Waals surface area contributed by atoms with Crippen LogP contribution < -0.4 is 4.57 Å². The Labute approximate surface area is 80.0 Å². The van der Waals surface area contributed by atoms with Crippen molar-refractivity contribution in [1.82, 2.24) is 0 Å². The van der Waals surface area contributed by atoms with Gasteiger partial charge in [0.2, 0.25) is 5.69 Å². The molecule has 1 rings (SSSR count). The van der Waals surface area contributed by atoms with Gasteiger partial charge in [0.05, 0.1) is 0 Å². The van der Waals surface area contributed by atoms with E-state index in [2.05, 4.69) is 37.1 Å². The Morgan fingerprint density at radius 1 is 1.38 bits per heavy atom. The van der Waals surface area contributed by atoms with Crippen molar-refractivity contribution in [3.63, 3.8) is 0 Å². The highest BCUT2D eigenvalue weighted by Crippen LogP contribution is 2.10. The van der Waals surface area contributed by atoms with E-state index in [-0.39, 0.29) is 0 Å². The van der Waals surface area contributed by atoms with Crippen LogP contribution in [0.15, 0.2) is 42.6 Å². The van der Waals surface area contributed by atoms with Gasteiger partial charge in [-0.05, 0) is 19.9 Å². The number of allylic oxidation sites excluding steroid dienone is 3. The van der Waals surface area contributed by atoms with E-state index in [1.54, 1.807) is 0 Å². The van der Waals surface area contributed by atoms with Crippen molar-refractivity contribution in [2.45, 2.75) is 13.8 Å². The van der Waals surface area contributed by atoms with E-state index in [9.17, 15) is 0 Å². The lowest BCUT2D eigenvalue weighted by Gasteiger charge is -1.98. The second-order valence-corrected chi connectivity index (χ2v) is 3.44. The zero-order valence-corrected chi connectivity index (χ0v) is 8.54. The molecular weight excluding hydrogens is 158 g/mol. The third-order valence-corrected chi connectivity index (χ3v) is 1.85. The average molecular weight is 174 g/mol. The van der Waals surface area contributed by atoms with Crippen LogP contribution in [0.3, 0.4) is 0 Å². The summed E-state index contributed by atoms with van der Waals surface area (Å²) in [7, 11) is 2.03. The van der Waals surface area contributed by atoms with E-state index in [4.69, 9.17) is 0 Å². The first kappa shape index (κ1) is 9.72. The van der Waals surface area contributed by atoms with Crippen LogP contribution in [0.2, 0.25) is 0 Å². The quantitative estimate of drug-likeness (QED) is 0.479. The molecule has 0 bridgehead atoms. The highest BCUT2D eigenvalue weighted by molar-refractivity contribution is 5.68. The number of nitrogens with zero attached hydrogens (tertiary/aromatic N) is 1. The molecule has 0 aliphatic rings. The molecule has 0 fully saturated rings. The van der Waals surface area contributed by atoms with Gasteiger partial charge in [0.25, 0.3) is 0 Å². The standard InChI is InChI=1S/C12H16N/c1-10(2)9-11(3)12-7-5-6-8-13(12)4/h5-9H,3H2,1-2,4H3/q+1. The molecule has 0 amide bonds. The number of rotatable bonds is 2. The smallest absolute Gasteiger partial charge is 0.201 e.